The highest BCUT2D eigenvalue weighted by Crippen LogP contribution is 2.33. The van der Waals surface area contributed by atoms with Gasteiger partial charge in [-0.3, -0.25) is 4.79 Å². The van der Waals surface area contributed by atoms with Crippen molar-refractivity contribution in [3.63, 3.8) is 0 Å². The van der Waals surface area contributed by atoms with Gasteiger partial charge in [-0.15, -0.1) is 11.3 Å². The Labute approximate surface area is 158 Å². The first-order valence-electron chi connectivity index (χ1n) is 8.90. The van der Waals surface area contributed by atoms with Crippen molar-refractivity contribution >= 4 is 22.4 Å². The van der Waals surface area contributed by atoms with Crippen molar-refractivity contribution in [2.75, 3.05) is 31.1 Å². The molecular formula is C17H20F3N5OS. The zero-order chi connectivity index (χ0) is 19.2. The number of fused-ring (bicyclic) bond motifs is 1. The molecule has 2 aromatic heterocycles. The minimum atomic E-state index is -4.46. The average molecular weight is 399 g/mol. The van der Waals surface area contributed by atoms with Crippen LogP contribution in [0.2, 0.25) is 0 Å². The van der Waals surface area contributed by atoms with E-state index >= 15 is 0 Å². The van der Waals surface area contributed by atoms with Gasteiger partial charge in [-0.1, -0.05) is 0 Å². The van der Waals surface area contributed by atoms with E-state index in [0.29, 0.717) is 31.6 Å². The first kappa shape index (κ1) is 18.3. The summed E-state index contributed by atoms with van der Waals surface area (Å²) in [5, 5.41) is 2.98. The maximum absolute atomic E-state index is 13.0. The lowest BCUT2D eigenvalue weighted by atomic mass is 9.94. The van der Waals surface area contributed by atoms with Crippen LogP contribution in [-0.4, -0.2) is 51.5 Å². The van der Waals surface area contributed by atoms with E-state index in [-0.39, 0.29) is 18.4 Å². The Hall–Kier alpha value is -2.10. The number of amides is 1. The average Bonchev–Trinajstić information content (AvgIpc) is 3.26. The molecule has 27 heavy (non-hydrogen) atoms. The molecule has 4 heterocycles. The maximum Gasteiger partial charge on any atom is 0.449 e. The lowest BCUT2D eigenvalue weighted by Crippen LogP contribution is -2.51. The van der Waals surface area contributed by atoms with Crippen LogP contribution in [0.4, 0.5) is 18.3 Å². The van der Waals surface area contributed by atoms with Gasteiger partial charge in [0.2, 0.25) is 11.7 Å². The van der Waals surface area contributed by atoms with Crippen molar-refractivity contribution in [1.29, 1.82) is 0 Å². The van der Waals surface area contributed by atoms with E-state index in [1.807, 2.05) is 17.2 Å². The summed E-state index contributed by atoms with van der Waals surface area (Å²) in [7, 11) is 0. The number of alkyl halides is 3. The van der Waals surface area contributed by atoms with Crippen LogP contribution in [0.3, 0.4) is 0 Å². The second-order valence-electron chi connectivity index (χ2n) is 7.00. The molecule has 2 aromatic rings. The van der Waals surface area contributed by atoms with Crippen LogP contribution in [0.15, 0.2) is 11.6 Å². The Balaban J connectivity index is 1.38. The number of hydrogen-bond acceptors (Lipinski definition) is 5. The molecule has 2 aliphatic heterocycles. The number of rotatable bonds is 2. The van der Waals surface area contributed by atoms with Crippen molar-refractivity contribution in [1.82, 2.24) is 19.4 Å². The number of anilines is 1. The highest BCUT2D eigenvalue weighted by Gasteiger charge is 2.40. The van der Waals surface area contributed by atoms with E-state index < -0.39 is 12.0 Å². The SMILES string of the molecule is Cc1csc(N2CCN(C(=O)C3CCn4c(cnc4C(F)(F)F)C3)CC2)n1. The van der Waals surface area contributed by atoms with Gasteiger partial charge in [0.1, 0.15) is 0 Å². The van der Waals surface area contributed by atoms with Gasteiger partial charge in [0.15, 0.2) is 5.13 Å². The van der Waals surface area contributed by atoms with Gasteiger partial charge in [0.25, 0.3) is 0 Å². The Bertz CT molecular complexity index is 838. The van der Waals surface area contributed by atoms with Crippen LogP contribution in [-0.2, 0) is 23.9 Å². The van der Waals surface area contributed by atoms with Crippen molar-refractivity contribution in [3.8, 4) is 0 Å². The van der Waals surface area contributed by atoms with E-state index in [1.54, 1.807) is 11.3 Å². The number of aryl methyl sites for hydroxylation is 1. The molecule has 1 atom stereocenters. The van der Waals surface area contributed by atoms with E-state index in [9.17, 15) is 18.0 Å². The van der Waals surface area contributed by atoms with Gasteiger partial charge < -0.3 is 14.4 Å². The van der Waals surface area contributed by atoms with Crippen LogP contribution < -0.4 is 4.90 Å². The predicted molar refractivity (Wildman–Crippen MR) is 94.7 cm³/mol. The highest BCUT2D eigenvalue weighted by atomic mass is 32.1. The number of imidazole rings is 1. The topological polar surface area (TPSA) is 54.3 Å². The van der Waals surface area contributed by atoms with Crippen LogP contribution >= 0.6 is 11.3 Å². The van der Waals surface area contributed by atoms with Gasteiger partial charge in [0.05, 0.1) is 5.69 Å². The third-order valence-electron chi connectivity index (χ3n) is 5.17. The summed E-state index contributed by atoms with van der Waals surface area (Å²) < 4.78 is 40.1. The van der Waals surface area contributed by atoms with Crippen molar-refractivity contribution in [2.45, 2.75) is 32.5 Å². The quantitative estimate of drug-likeness (QED) is 0.779. The summed E-state index contributed by atoms with van der Waals surface area (Å²) >= 11 is 1.60. The number of carbonyl (C=O) groups is 1. The van der Waals surface area contributed by atoms with Crippen molar-refractivity contribution < 1.29 is 18.0 Å². The molecule has 0 spiro atoms. The number of halogens is 3. The molecule has 0 N–H and O–H groups in total. The number of piperazine rings is 1. The van der Waals surface area contributed by atoms with Crippen molar-refractivity contribution in [2.24, 2.45) is 5.92 Å². The second kappa shape index (κ2) is 6.81. The van der Waals surface area contributed by atoms with Gasteiger partial charge in [-0.25, -0.2) is 9.97 Å². The summed E-state index contributed by atoms with van der Waals surface area (Å²) in [5.41, 5.74) is 1.48. The van der Waals surface area contributed by atoms with Crippen LogP contribution in [0, 0.1) is 12.8 Å². The number of hydrogen-bond donors (Lipinski definition) is 0. The molecule has 0 saturated carbocycles. The molecule has 0 radical (unpaired) electrons. The predicted octanol–water partition coefficient (Wildman–Crippen LogP) is 2.58. The smallest absolute Gasteiger partial charge is 0.345 e. The first-order valence-corrected chi connectivity index (χ1v) is 9.78. The number of thiazole rings is 1. The molecule has 1 saturated heterocycles. The molecule has 2 aliphatic rings. The lowest BCUT2D eigenvalue weighted by Gasteiger charge is -2.37. The molecule has 1 amide bonds. The normalized spacial score (nSPS) is 20.7. The Kier molecular flexibility index (Phi) is 4.61. The zero-order valence-corrected chi connectivity index (χ0v) is 15.7. The largest absolute Gasteiger partial charge is 0.449 e. The van der Waals surface area contributed by atoms with Crippen molar-refractivity contribution in [3.05, 3.63) is 28.8 Å². The number of carbonyl (C=O) groups excluding carboxylic acids is 1. The van der Waals surface area contributed by atoms with Gasteiger partial charge in [-0.05, 0) is 13.3 Å². The van der Waals surface area contributed by atoms with Crippen LogP contribution in [0.1, 0.15) is 23.6 Å². The third-order valence-corrected chi connectivity index (χ3v) is 6.19. The van der Waals surface area contributed by atoms with Crippen LogP contribution in [0.5, 0.6) is 0 Å². The number of aromatic nitrogens is 3. The molecule has 146 valence electrons. The third kappa shape index (κ3) is 3.54. The fourth-order valence-corrected chi connectivity index (χ4v) is 4.62. The summed E-state index contributed by atoms with van der Waals surface area (Å²) in [6.07, 6.45) is -2.48. The van der Waals surface area contributed by atoms with E-state index in [0.717, 1.165) is 23.9 Å². The molecular weight excluding hydrogens is 379 g/mol. The van der Waals surface area contributed by atoms with E-state index in [1.165, 1.54) is 10.8 Å². The molecule has 0 aromatic carbocycles. The Morgan fingerprint density at radius 2 is 1.96 bits per heavy atom. The monoisotopic (exact) mass is 399 g/mol. The fourth-order valence-electron chi connectivity index (χ4n) is 3.76. The summed E-state index contributed by atoms with van der Waals surface area (Å²) in [6.45, 7) is 4.81. The molecule has 10 heteroatoms. The van der Waals surface area contributed by atoms with Gasteiger partial charge in [-0.2, -0.15) is 13.2 Å². The standard InChI is InChI=1S/C17H20F3N5OS/c1-11-10-27-16(22-11)24-6-4-23(5-7-24)14(26)12-2-3-25-13(8-12)9-21-15(25)17(18,19)20/h9-10,12H,2-8H2,1H3. The van der Waals surface area contributed by atoms with E-state index in [4.69, 9.17) is 0 Å². The molecule has 0 bridgehead atoms. The van der Waals surface area contributed by atoms with E-state index in [2.05, 4.69) is 14.9 Å². The summed E-state index contributed by atoms with van der Waals surface area (Å²) in [6, 6.07) is 0. The first-order chi connectivity index (χ1) is 12.8. The second-order valence-corrected chi connectivity index (χ2v) is 7.83. The summed E-state index contributed by atoms with van der Waals surface area (Å²) in [4.78, 5) is 24.9. The minimum Gasteiger partial charge on any atom is -0.345 e. The summed E-state index contributed by atoms with van der Waals surface area (Å²) in [5.74, 6) is -1.11. The zero-order valence-electron chi connectivity index (χ0n) is 14.9. The van der Waals surface area contributed by atoms with Gasteiger partial charge >= 0.3 is 6.18 Å². The minimum absolute atomic E-state index is 0.0333. The Morgan fingerprint density at radius 1 is 1.22 bits per heavy atom. The lowest BCUT2D eigenvalue weighted by molar-refractivity contribution is -0.147. The molecule has 1 fully saturated rings. The molecule has 1 unspecified atom stereocenters. The fraction of sp³-hybridized carbons (Fsp3) is 0.588. The number of nitrogens with zero attached hydrogens (tertiary/aromatic N) is 5. The maximum atomic E-state index is 13.0. The molecule has 6 nitrogen and oxygen atoms in total. The Morgan fingerprint density at radius 3 is 2.59 bits per heavy atom. The molecule has 0 aliphatic carbocycles. The van der Waals surface area contributed by atoms with Gasteiger partial charge in [0, 0.05) is 62.3 Å². The highest BCUT2D eigenvalue weighted by molar-refractivity contribution is 7.13. The van der Waals surface area contributed by atoms with Crippen LogP contribution in [0.25, 0.3) is 0 Å². The molecule has 4 rings (SSSR count).